The van der Waals surface area contributed by atoms with Crippen molar-refractivity contribution in [3.8, 4) is 11.3 Å². The fourth-order valence-electron chi connectivity index (χ4n) is 3.95. The lowest BCUT2D eigenvalue weighted by molar-refractivity contribution is 0.568. The highest BCUT2D eigenvalue weighted by Crippen LogP contribution is 2.39. The van der Waals surface area contributed by atoms with Gasteiger partial charge in [0.1, 0.15) is 5.82 Å². The molecule has 0 spiro atoms. The summed E-state index contributed by atoms with van der Waals surface area (Å²) in [6.07, 6.45) is 11.6. The molecule has 1 fully saturated rings. The van der Waals surface area contributed by atoms with Gasteiger partial charge in [-0.1, -0.05) is 0 Å². The summed E-state index contributed by atoms with van der Waals surface area (Å²) >= 11 is 0. The summed E-state index contributed by atoms with van der Waals surface area (Å²) in [5.41, 5.74) is 9.78. The van der Waals surface area contributed by atoms with Gasteiger partial charge in [-0.25, -0.2) is 15.0 Å². The largest absolute Gasteiger partial charge is 0.368 e. The molecule has 0 bridgehead atoms. The van der Waals surface area contributed by atoms with Gasteiger partial charge in [0.15, 0.2) is 0 Å². The van der Waals surface area contributed by atoms with Crippen LogP contribution in [0.1, 0.15) is 24.8 Å². The third-order valence-corrected chi connectivity index (χ3v) is 5.38. The van der Waals surface area contributed by atoms with Gasteiger partial charge in [-0.2, -0.15) is 4.98 Å². The Bertz CT molecular complexity index is 968. The number of rotatable bonds is 3. The van der Waals surface area contributed by atoms with E-state index in [2.05, 4.69) is 24.8 Å². The van der Waals surface area contributed by atoms with E-state index in [1.165, 1.54) is 19.3 Å². The van der Waals surface area contributed by atoms with E-state index >= 15 is 0 Å². The Labute approximate surface area is 163 Å². The van der Waals surface area contributed by atoms with Crippen LogP contribution in [0.4, 0.5) is 23.4 Å². The fraction of sp³-hybridized carbons (Fsp3) is 0.350. The van der Waals surface area contributed by atoms with Crippen LogP contribution in [0.2, 0.25) is 0 Å². The predicted octanol–water partition coefficient (Wildman–Crippen LogP) is 2.60. The topological polar surface area (TPSA) is 97.0 Å². The molecule has 0 amide bonds. The SMILES string of the molecule is Nc1ncc(N2CCc3c(-c4ccncc4)nc(N4CCCCC4)nc32)cn1. The maximum atomic E-state index is 5.66. The molecule has 3 aromatic heterocycles. The Kier molecular flexibility index (Phi) is 4.23. The maximum Gasteiger partial charge on any atom is 0.227 e. The van der Waals surface area contributed by atoms with E-state index in [9.17, 15) is 0 Å². The second-order valence-corrected chi connectivity index (χ2v) is 7.16. The van der Waals surface area contributed by atoms with Gasteiger partial charge in [0, 0.05) is 43.2 Å². The van der Waals surface area contributed by atoms with Gasteiger partial charge in [0.05, 0.1) is 23.8 Å². The molecule has 142 valence electrons. The van der Waals surface area contributed by atoms with E-state index in [4.69, 9.17) is 15.7 Å². The van der Waals surface area contributed by atoms with Crippen molar-refractivity contribution in [3.05, 3.63) is 42.5 Å². The Morgan fingerprint density at radius 3 is 2.39 bits per heavy atom. The van der Waals surface area contributed by atoms with E-state index in [1.54, 1.807) is 12.4 Å². The molecule has 5 rings (SSSR count). The Balaban J connectivity index is 1.63. The van der Waals surface area contributed by atoms with E-state index in [0.29, 0.717) is 0 Å². The highest BCUT2D eigenvalue weighted by molar-refractivity contribution is 5.76. The zero-order chi connectivity index (χ0) is 18.9. The second-order valence-electron chi connectivity index (χ2n) is 7.16. The molecule has 1 saturated heterocycles. The van der Waals surface area contributed by atoms with Crippen LogP contribution in [0, 0.1) is 0 Å². The molecule has 28 heavy (non-hydrogen) atoms. The maximum absolute atomic E-state index is 5.66. The quantitative estimate of drug-likeness (QED) is 0.747. The average Bonchev–Trinajstić information content (AvgIpc) is 3.19. The van der Waals surface area contributed by atoms with Gasteiger partial charge in [0.25, 0.3) is 0 Å². The van der Waals surface area contributed by atoms with Crippen LogP contribution >= 0.6 is 0 Å². The Morgan fingerprint density at radius 1 is 0.893 bits per heavy atom. The van der Waals surface area contributed by atoms with Gasteiger partial charge in [-0.05, 0) is 37.8 Å². The molecule has 0 saturated carbocycles. The molecule has 8 nitrogen and oxygen atoms in total. The molecule has 0 aliphatic carbocycles. The number of nitrogen functional groups attached to an aromatic ring is 1. The molecule has 8 heteroatoms. The first-order chi connectivity index (χ1) is 13.8. The van der Waals surface area contributed by atoms with Crippen LogP contribution < -0.4 is 15.5 Å². The van der Waals surface area contributed by atoms with Crippen LogP contribution in [0.15, 0.2) is 36.9 Å². The van der Waals surface area contributed by atoms with E-state index in [-0.39, 0.29) is 5.95 Å². The summed E-state index contributed by atoms with van der Waals surface area (Å²) in [5.74, 6) is 2.02. The Morgan fingerprint density at radius 2 is 1.64 bits per heavy atom. The first-order valence-electron chi connectivity index (χ1n) is 9.71. The van der Waals surface area contributed by atoms with Crippen molar-refractivity contribution < 1.29 is 0 Å². The number of anilines is 4. The molecule has 0 atom stereocenters. The zero-order valence-electron chi connectivity index (χ0n) is 15.6. The third kappa shape index (κ3) is 3.00. The molecule has 5 heterocycles. The summed E-state index contributed by atoms with van der Waals surface area (Å²) in [7, 11) is 0. The van der Waals surface area contributed by atoms with E-state index < -0.39 is 0 Å². The van der Waals surface area contributed by atoms with Gasteiger partial charge in [-0.15, -0.1) is 0 Å². The van der Waals surface area contributed by atoms with Crippen LogP contribution in [-0.2, 0) is 6.42 Å². The number of hydrogen-bond donors (Lipinski definition) is 1. The lowest BCUT2D eigenvalue weighted by Crippen LogP contribution is -2.31. The van der Waals surface area contributed by atoms with E-state index in [0.717, 1.165) is 60.3 Å². The highest BCUT2D eigenvalue weighted by Gasteiger charge is 2.29. The fourth-order valence-corrected chi connectivity index (χ4v) is 3.95. The summed E-state index contributed by atoms with van der Waals surface area (Å²) in [6.45, 7) is 2.82. The van der Waals surface area contributed by atoms with Crippen molar-refractivity contribution in [2.75, 3.05) is 35.2 Å². The van der Waals surface area contributed by atoms with Crippen LogP contribution in [-0.4, -0.2) is 44.6 Å². The summed E-state index contributed by atoms with van der Waals surface area (Å²) < 4.78 is 0. The average molecular weight is 374 g/mol. The van der Waals surface area contributed by atoms with Gasteiger partial charge in [-0.3, -0.25) is 4.98 Å². The predicted molar refractivity (Wildman–Crippen MR) is 108 cm³/mol. The van der Waals surface area contributed by atoms with Crippen molar-refractivity contribution >= 4 is 23.4 Å². The molecular weight excluding hydrogens is 352 g/mol. The normalized spacial score (nSPS) is 16.3. The minimum atomic E-state index is 0.275. The van der Waals surface area contributed by atoms with Crippen molar-refractivity contribution in [1.82, 2.24) is 24.9 Å². The first-order valence-corrected chi connectivity index (χ1v) is 9.71. The molecule has 2 N–H and O–H groups in total. The molecule has 0 unspecified atom stereocenters. The number of piperidine rings is 1. The minimum absolute atomic E-state index is 0.275. The van der Waals surface area contributed by atoms with Crippen molar-refractivity contribution in [2.45, 2.75) is 25.7 Å². The van der Waals surface area contributed by atoms with Crippen LogP contribution in [0.5, 0.6) is 0 Å². The van der Waals surface area contributed by atoms with Gasteiger partial charge in [0.2, 0.25) is 11.9 Å². The van der Waals surface area contributed by atoms with E-state index in [1.807, 2.05) is 24.5 Å². The number of hydrogen-bond acceptors (Lipinski definition) is 8. The Hall–Kier alpha value is -3.29. The van der Waals surface area contributed by atoms with Crippen LogP contribution in [0.25, 0.3) is 11.3 Å². The summed E-state index contributed by atoms with van der Waals surface area (Å²) in [5, 5.41) is 0. The zero-order valence-corrected chi connectivity index (χ0v) is 15.6. The number of fused-ring (bicyclic) bond motifs is 1. The lowest BCUT2D eigenvalue weighted by Gasteiger charge is -2.28. The highest BCUT2D eigenvalue weighted by atomic mass is 15.3. The van der Waals surface area contributed by atoms with Gasteiger partial charge >= 0.3 is 0 Å². The number of pyridine rings is 1. The standard InChI is InChI=1S/C20H22N8/c21-19-23-12-15(13-24-19)28-11-6-16-17(14-4-7-22-8-5-14)25-20(26-18(16)28)27-9-2-1-3-10-27/h4-5,7-8,12-13H,1-3,6,9-11H2,(H2,21,23,24). The summed E-state index contributed by atoms with van der Waals surface area (Å²) in [6, 6.07) is 4.02. The second kappa shape index (κ2) is 7.03. The molecule has 3 aromatic rings. The monoisotopic (exact) mass is 374 g/mol. The van der Waals surface area contributed by atoms with Crippen LogP contribution in [0.3, 0.4) is 0 Å². The van der Waals surface area contributed by atoms with Crippen molar-refractivity contribution in [2.24, 2.45) is 0 Å². The van der Waals surface area contributed by atoms with Crippen molar-refractivity contribution in [3.63, 3.8) is 0 Å². The van der Waals surface area contributed by atoms with Gasteiger partial charge < -0.3 is 15.5 Å². The number of nitrogens with two attached hydrogens (primary N) is 1. The molecule has 2 aliphatic rings. The summed E-state index contributed by atoms with van der Waals surface area (Å²) in [4.78, 5) is 26.9. The third-order valence-electron chi connectivity index (χ3n) is 5.38. The first kappa shape index (κ1) is 16.9. The minimum Gasteiger partial charge on any atom is -0.368 e. The molecular formula is C20H22N8. The number of nitrogens with zero attached hydrogens (tertiary/aromatic N) is 7. The molecule has 0 aromatic carbocycles. The molecule has 2 aliphatic heterocycles. The lowest BCUT2D eigenvalue weighted by atomic mass is 10.1. The molecule has 0 radical (unpaired) electrons. The van der Waals surface area contributed by atoms with Crippen molar-refractivity contribution in [1.29, 1.82) is 0 Å². The number of aromatic nitrogens is 5. The smallest absolute Gasteiger partial charge is 0.227 e.